The molecule has 1 N–H and O–H groups in total. The maximum absolute atomic E-state index is 11.7. The number of nitro benzene ring substituents is 1. The third-order valence-electron chi connectivity index (χ3n) is 5.56. The summed E-state index contributed by atoms with van der Waals surface area (Å²) in [5.74, 6) is 1.10. The van der Waals surface area contributed by atoms with Crippen LogP contribution in [-0.4, -0.2) is 33.5 Å². The standard InChI is InChI=1S/C21H24N3O3.BrH/c1-16-7-5-9-18(13-16)22-15-21(25,23-12-4-2-3-11-20(22)23)17-8-6-10-19(14-17)24(26)27;/h5-10,13-14,25H,2-4,11-12,15H2,1H3;1H/q+1;/p-1. The zero-order chi connectivity index (χ0) is 19.0. The molecule has 2 aromatic rings. The summed E-state index contributed by atoms with van der Waals surface area (Å²) in [4.78, 5) is 13.0. The van der Waals surface area contributed by atoms with Crippen LogP contribution in [0, 0.1) is 17.0 Å². The molecule has 148 valence electrons. The minimum absolute atomic E-state index is 0. The second-order valence-corrected chi connectivity index (χ2v) is 7.43. The SMILES string of the molecule is Cc1cccc(N2CC(O)(c3cccc([N+](=O)[O-])c3)[N+]3=C2CCCCC3)c1.[Br-]. The van der Waals surface area contributed by atoms with Gasteiger partial charge in [-0.05, 0) is 43.9 Å². The maximum Gasteiger partial charge on any atom is 0.271 e. The lowest BCUT2D eigenvalue weighted by Crippen LogP contribution is -3.00. The summed E-state index contributed by atoms with van der Waals surface area (Å²) in [6.45, 7) is 3.17. The summed E-state index contributed by atoms with van der Waals surface area (Å²) >= 11 is 0. The topological polar surface area (TPSA) is 69.6 Å². The Balaban J connectivity index is 0.00000225. The van der Waals surface area contributed by atoms with E-state index in [9.17, 15) is 15.2 Å². The van der Waals surface area contributed by atoms with Crippen LogP contribution < -0.4 is 21.9 Å². The Morgan fingerprint density at radius 2 is 1.93 bits per heavy atom. The van der Waals surface area contributed by atoms with Gasteiger partial charge in [0.05, 0.1) is 11.5 Å². The van der Waals surface area contributed by atoms with E-state index in [-0.39, 0.29) is 22.7 Å². The van der Waals surface area contributed by atoms with Crippen molar-refractivity contribution in [1.29, 1.82) is 0 Å². The number of aliphatic hydroxyl groups is 1. The van der Waals surface area contributed by atoms with Crippen LogP contribution in [0.1, 0.15) is 36.8 Å². The molecule has 0 aliphatic carbocycles. The number of hydrogen-bond donors (Lipinski definition) is 1. The summed E-state index contributed by atoms with van der Waals surface area (Å²) < 4.78 is 2.06. The van der Waals surface area contributed by atoms with Gasteiger partial charge in [0.2, 0.25) is 0 Å². The Labute approximate surface area is 175 Å². The van der Waals surface area contributed by atoms with Crippen LogP contribution in [0.15, 0.2) is 48.5 Å². The minimum Gasteiger partial charge on any atom is -1.00 e. The van der Waals surface area contributed by atoms with Crippen LogP contribution in [0.2, 0.25) is 0 Å². The molecule has 2 aliphatic rings. The van der Waals surface area contributed by atoms with Crippen molar-refractivity contribution in [3.05, 3.63) is 69.8 Å². The highest BCUT2D eigenvalue weighted by Gasteiger charge is 2.52. The van der Waals surface area contributed by atoms with Crippen molar-refractivity contribution in [3.63, 3.8) is 0 Å². The van der Waals surface area contributed by atoms with E-state index in [1.807, 2.05) is 6.07 Å². The first-order chi connectivity index (χ1) is 13.0. The van der Waals surface area contributed by atoms with Gasteiger partial charge in [0.15, 0.2) is 6.54 Å². The van der Waals surface area contributed by atoms with E-state index in [0.29, 0.717) is 12.1 Å². The Hall–Kier alpha value is -2.25. The molecule has 0 saturated heterocycles. The van der Waals surface area contributed by atoms with E-state index in [2.05, 4.69) is 34.6 Å². The monoisotopic (exact) mass is 445 g/mol. The fraction of sp³-hybridized carbons (Fsp3) is 0.381. The molecule has 1 atom stereocenters. The van der Waals surface area contributed by atoms with E-state index >= 15 is 0 Å². The van der Waals surface area contributed by atoms with Crippen molar-refractivity contribution >= 4 is 17.2 Å². The number of halogens is 1. The van der Waals surface area contributed by atoms with Crippen molar-refractivity contribution in [2.75, 3.05) is 18.0 Å². The van der Waals surface area contributed by atoms with Crippen molar-refractivity contribution in [2.24, 2.45) is 0 Å². The van der Waals surface area contributed by atoms with Gasteiger partial charge in [-0.3, -0.25) is 10.1 Å². The van der Waals surface area contributed by atoms with Crippen LogP contribution in [0.3, 0.4) is 0 Å². The van der Waals surface area contributed by atoms with E-state index in [4.69, 9.17) is 0 Å². The number of nitro groups is 1. The van der Waals surface area contributed by atoms with Crippen LogP contribution in [-0.2, 0) is 5.72 Å². The molecule has 2 aliphatic heterocycles. The Bertz CT molecular complexity index is 931. The molecular weight excluding hydrogens is 422 g/mol. The molecule has 6 nitrogen and oxygen atoms in total. The zero-order valence-electron chi connectivity index (χ0n) is 15.8. The zero-order valence-corrected chi connectivity index (χ0v) is 17.4. The molecule has 0 bridgehead atoms. The van der Waals surface area contributed by atoms with Gasteiger partial charge < -0.3 is 22.1 Å². The predicted octanol–water partition coefficient (Wildman–Crippen LogP) is 0.558. The molecule has 0 amide bonds. The molecule has 0 spiro atoms. The summed E-state index contributed by atoms with van der Waals surface area (Å²) in [6.07, 6.45) is 4.10. The number of non-ortho nitro benzene ring substituents is 1. The van der Waals surface area contributed by atoms with Crippen molar-refractivity contribution in [1.82, 2.24) is 0 Å². The Morgan fingerprint density at radius 1 is 1.14 bits per heavy atom. The van der Waals surface area contributed by atoms with Gasteiger partial charge in [-0.1, -0.05) is 24.3 Å². The van der Waals surface area contributed by atoms with Crippen LogP contribution in [0.25, 0.3) is 0 Å². The normalized spacial score (nSPS) is 21.7. The van der Waals surface area contributed by atoms with Gasteiger partial charge in [-0.2, -0.15) is 0 Å². The van der Waals surface area contributed by atoms with Gasteiger partial charge >= 0.3 is 0 Å². The van der Waals surface area contributed by atoms with E-state index < -0.39 is 10.6 Å². The van der Waals surface area contributed by atoms with E-state index in [1.54, 1.807) is 12.1 Å². The second kappa shape index (κ2) is 8.01. The third kappa shape index (κ3) is 3.56. The maximum atomic E-state index is 11.7. The first-order valence-electron chi connectivity index (χ1n) is 9.44. The predicted molar refractivity (Wildman–Crippen MR) is 104 cm³/mol. The van der Waals surface area contributed by atoms with Gasteiger partial charge in [0, 0.05) is 24.1 Å². The van der Waals surface area contributed by atoms with Crippen LogP contribution in [0.4, 0.5) is 11.4 Å². The lowest BCUT2D eigenvalue weighted by Gasteiger charge is -2.23. The Kier molecular flexibility index (Phi) is 5.86. The number of anilines is 1. The van der Waals surface area contributed by atoms with Crippen LogP contribution >= 0.6 is 0 Å². The van der Waals surface area contributed by atoms with Gasteiger partial charge in [-0.25, -0.2) is 9.48 Å². The quantitative estimate of drug-likeness (QED) is 0.425. The first kappa shape index (κ1) is 20.5. The average molecular weight is 446 g/mol. The smallest absolute Gasteiger partial charge is 0.271 e. The molecule has 0 radical (unpaired) electrons. The highest BCUT2D eigenvalue weighted by atomic mass is 79.9. The molecule has 0 fully saturated rings. The van der Waals surface area contributed by atoms with Gasteiger partial charge in [-0.15, -0.1) is 0 Å². The van der Waals surface area contributed by atoms with Crippen molar-refractivity contribution in [3.8, 4) is 0 Å². The molecule has 2 heterocycles. The lowest BCUT2D eigenvalue weighted by molar-refractivity contribution is -0.658. The number of hydrogen-bond acceptors (Lipinski definition) is 4. The summed E-state index contributed by atoms with van der Waals surface area (Å²) in [7, 11) is 0. The number of rotatable bonds is 3. The highest BCUT2D eigenvalue weighted by Crippen LogP contribution is 2.36. The van der Waals surface area contributed by atoms with Crippen molar-refractivity contribution in [2.45, 2.75) is 38.3 Å². The minimum atomic E-state index is -1.27. The van der Waals surface area contributed by atoms with E-state index in [1.165, 1.54) is 17.7 Å². The molecule has 0 aromatic heterocycles. The third-order valence-corrected chi connectivity index (χ3v) is 5.56. The lowest BCUT2D eigenvalue weighted by atomic mass is 10.0. The molecule has 28 heavy (non-hydrogen) atoms. The summed E-state index contributed by atoms with van der Waals surface area (Å²) in [5.41, 5.74) is 1.53. The molecule has 2 aromatic carbocycles. The molecule has 7 heteroatoms. The second-order valence-electron chi connectivity index (χ2n) is 7.43. The first-order valence-corrected chi connectivity index (χ1v) is 9.44. The number of amidine groups is 1. The van der Waals surface area contributed by atoms with E-state index in [0.717, 1.165) is 43.8 Å². The summed E-state index contributed by atoms with van der Waals surface area (Å²) in [6, 6.07) is 14.7. The number of aryl methyl sites for hydroxylation is 1. The highest BCUT2D eigenvalue weighted by molar-refractivity contribution is 5.96. The van der Waals surface area contributed by atoms with Crippen LogP contribution in [0.5, 0.6) is 0 Å². The van der Waals surface area contributed by atoms with Gasteiger partial charge in [0.1, 0.15) is 5.69 Å². The summed E-state index contributed by atoms with van der Waals surface area (Å²) in [5, 5.41) is 23.0. The molecule has 1 unspecified atom stereocenters. The fourth-order valence-electron chi connectivity index (χ4n) is 4.22. The van der Waals surface area contributed by atoms with Crippen molar-refractivity contribution < 1.29 is 31.6 Å². The fourth-order valence-corrected chi connectivity index (χ4v) is 4.22. The number of benzene rings is 2. The number of nitrogens with zero attached hydrogens (tertiary/aromatic N) is 3. The number of β-amino-alcohol motifs (C(OH)–C–C–N with tert-alkyl or cyclic N) is 1. The van der Waals surface area contributed by atoms with Gasteiger partial charge in [0.25, 0.3) is 17.2 Å². The molecule has 4 rings (SSSR count). The molecule has 0 saturated carbocycles. The molecular formula is C21H24BrN3O3. The average Bonchev–Trinajstić information content (AvgIpc) is 2.82. The largest absolute Gasteiger partial charge is 1.00 e. The Morgan fingerprint density at radius 3 is 2.68 bits per heavy atom.